The molecule has 1 aliphatic heterocycles. The molecule has 1 aliphatic rings. The van der Waals surface area contributed by atoms with Crippen molar-refractivity contribution in [1.82, 2.24) is 10.2 Å². The van der Waals surface area contributed by atoms with Crippen molar-refractivity contribution in [3.8, 4) is 0 Å². The molecule has 2 rings (SSSR count). The predicted octanol–water partition coefficient (Wildman–Crippen LogP) is 3.26. The first-order valence-corrected chi connectivity index (χ1v) is 13.3. The number of halogens is 3. The number of rotatable bonds is 9. The van der Waals surface area contributed by atoms with Crippen molar-refractivity contribution in [2.24, 2.45) is 5.92 Å². The van der Waals surface area contributed by atoms with Gasteiger partial charge in [-0.25, -0.2) is 13.2 Å². The van der Waals surface area contributed by atoms with Gasteiger partial charge < -0.3 is 19.7 Å². The van der Waals surface area contributed by atoms with Gasteiger partial charge in [0.25, 0.3) is 0 Å². The number of benzene rings is 1. The highest BCUT2D eigenvalue weighted by Gasteiger charge is 2.42. The van der Waals surface area contributed by atoms with Crippen molar-refractivity contribution in [2.75, 3.05) is 19.4 Å². The molecule has 0 saturated carbocycles. The first-order valence-electron chi connectivity index (χ1n) is 11.7. The van der Waals surface area contributed by atoms with E-state index in [9.17, 15) is 36.0 Å². The number of hydrogen-bond acceptors (Lipinski definition) is 7. The Bertz CT molecular complexity index is 1080. The van der Waals surface area contributed by atoms with Crippen LogP contribution in [0.2, 0.25) is 0 Å². The smallest absolute Gasteiger partial charge is 0.444 e. The molecule has 1 aromatic rings. The van der Waals surface area contributed by atoms with E-state index in [1.807, 2.05) is 0 Å². The van der Waals surface area contributed by atoms with Crippen LogP contribution in [-0.4, -0.2) is 74.4 Å². The second-order valence-electron chi connectivity index (χ2n) is 9.92. The number of sulfone groups is 1. The summed E-state index contributed by atoms with van der Waals surface area (Å²) in [7, 11) is -2.68. The summed E-state index contributed by atoms with van der Waals surface area (Å²) >= 11 is 0. The highest BCUT2D eigenvalue weighted by atomic mass is 32.2. The summed E-state index contributed by atoms with van der Waals surface area (Å²) in [4.78, 5) is 37.9. The number of likely N-dealkylation sites (tertiary alicyclic amines) is 1. The molecule has 1 N–H and O–H groups in total. The standard InChI is InChI=1S/C24H33F3N2O7S/c1-15(20(35-5)18-7-6-12-29(18)22(32)36-23(2,3)4)19(30)14-37(33,34)17-10-8-16(9-11-17)13-28-21(31)24(25,26)27/h8-11,15,18,20H,6-7,12-14H2,1-5H3,(H,28,31)/t15-,18-,20+/m0/s1. The van der Waals surface area contributed by atoms with Crippen molar-refractivity contribution in [2.45, 2.75) is 75.9 Å². The summed E-state index contributed by atoms with van der Waals surface area (Å²) in [6.07, 6.45) is -5.07. The van der Waals surface area contributed by atoms with Crippen molar-refractivity contribution in [1.29, 1.82) is 0 Å². The molecule has 1 fully saturated rings. The number of carbonyl (C=O) groups is 3. The van der Waals surface area contributed by atoms with E-state index < -0.39 is 69.8 Å². The Labute approximate surface area is 214 Å². The van der Waals surface area contributed by atoms with Gasteiger partial charge >= 0.3 is 18.2 Å². The summed E-state index contributed by atoms with van der Waals surface area (Å²) in [5.41, 5.74) is -0.457. The lowest BCUT2D eigenvalue weighted by Gasteiger charge is -2.34. The van der Waals surface area contributed by atoms with Gasteiger partial charge in [-0.05, 0) is 51.3 Å². The van der Waals surface area contributed by atoms with Crippen LogP contribution in [0, 0.1) is 5.92 Å². The van der Waals surface area contributed by atoms with Gasteiger partial charge in [-0.15, -0.1) is 0 Å². The number of amides is 2. The van der Waals surface area contributed by atoms with Gasteiger partial charge in [0, 0.05) is 26.1 Å². The average Bonchev–Trinajstić information content (AvgIpc) is 3.26. The van der Waals surface area contributed by atoms with E-state index in [1.54, 1.807) is 33.0 Å². The zero-order chi connectivity index (χ0) is 28.2. The number of ether oxygens (including phenoxy) is 2. The molecule has 3 atom stereocenters. The summed E-state index contributed by atoms with van der Waals surface area (Å²) in [6, 6.07) is 4.38. The van der Waals surface area contributed by atoms with Gasteiger partial charge in [-0.1, -0.05) is 19.1 Å². The zero-order valence-electron chi connectivity index (χ0n) is 21.4. The SMILES string of the molecule is CO[C@H]([C@@H](C)C(=O)CS(=O)(=O)c1ccc(CNC(=O)C(F)(F)F)cc1)[C@@H]1CCCN1C(=O)OC(C)(C)C. The van der Waals surface area contributed by atoms with Crippen LogP contribution < -0.4 is 5.32 Å². The molecule has 0 aliphatic carbocycles. The van der Waals surface area contributed by atoms with Crippen LogP contribution in [0.3, 0.4) is 0 Å². The van der Waals surface area contributed by atoms with Crippen LogP contribution >= 0.6 is 0 Å². The first kappa shape index (κ1) is 30.6. The van der Waals surface area contributed by atoms with Gasteiger partial charge in [-0.2, -0.15) is 13.2 Å². The number of hydrogen-bond donors (Lipinski definition) is 1. The van der Waals surface area contributed by atoms with Gasteiger partial charge in [0.15, 0.2) is 15.6 Å². The largest absolute Gasteiger partial charge is 0.471 e. The Morgan fingerprint density at radius 3 is 2.24 bits per heavy atom. The highest BCUT2D eigenvalue weighted by Crippen LogP contribution is 2.29. The first-order chi connectivity index (χ1) is 17.0. The Morgan fingerprint density at radius 2 is 1.73 bits per heavy atom. The van der Waals surface area contributed by atoms with E-state index in [-0.39, 0.29) is 10.5 Å². The third-order valence-corrected chi connectivity index (χ3v) is 7.56. The second-order valence-corrected chi connectivity index (χ2v) is 11.9. The fourth-order valence-corrected chi connectivity index (χ4v) is 5.41. The normalized spacial score (nSPS) is 18.3. The molecule has 1 aromatic carbocycles. The molecule has 2 amide bonds. The fraction of sp³-hybridized carbons (Fsp3) is 0.625. The average molecular weight is 551 g/mol. The maximum Gasteiger partial charge on any atom is 0.471 e. The van der Waals surface area contributed by atoms with E-state index in [0.29, 0.717) is 19.4 Å². The molecular weight excluding hydrogens is 517 g/mol. The van der Waals surface area contributed by atoms with Crippen molar-refractivity contribution >= 4 is 27.6 Å². The summed E-state index contributed by atoms with van der Waals surface area (Å²) in [6.45, 7) is 6.75. The Hall–Kier alpha value is -2.67. The van der Waals surface area contributed by atoms with Crippen molar-refractivity contribution in [3.63, 3.8) is 0 Å². The van der Waals surface area contributed by atoms with Crippen LogP contribution in [-0.2, 0) is 35.4 Å². The lowest BCUT2D eigenvalue weighted by atomic mass is 9.93. The van der Waals surface area contributed by atoms with E-state index in [2.05, 4.69) is 0 Å². The summed E-state index contributed by atoms with van der Waals surface area (Å²) in [5, 5.41) is 1.70. The minimum absolute atomic E-state index is 0.191. The molecule has 1 saturated heterocycles. The molecule has 0 bridgehead atoms. The number of carbonyl (C=O) groups excluding carboxylic acids is 3. The minimum atomic E-state index is -5.02. The fourth-order valence-electron chi connectivity index (χ4n) is 4.06. The lowest BCUT2D eigenvalue weighted by molar-refractivity contribution is -0.173. The maximum absolute atomic E-state index is 13.0. The van der Waals surface area contributed by atoms with E-state index in [1.165, 1.54) is 24.1 Å². The topological polar surface area (TPSA) is 119 Å². The minimum Gasteiger partial charge on any atom is -0.444 e. The summed E-state index contributed by atoms with van der Waals surface area (Å²) in [5.74, 6) is -4.39. The number of methoxy groups -OCH3 is 1. The molecule has 37 heavy (non-hydrogen) atoms. The van der Waals surface area contributed by atoms with Gasteiger partial charge in [-0.3, -0.25) is 9.59 Å². The Balaban J connectivity index is 2.07. The highest BCUT2D eigenvalue weighted by molar-refractivity contribution is 7.92. The quantitative estimate of drug-likeness (QED) is 0.501. The van der Waals surface area contributed by atoms with Crippen molar-refractivity contribution < 1.29 is 45.4 Å². The van der Waals surface area contributed by atoms with Gasteiger partial charge in [0.2, 0.25) is 0 Å². The predicted molar refractivity (Wildman–Crippen MR) is 127 cm³/mol. The number of alkyl halides is 3. The number of nitrogens with zero attached hydrogens (tertiary/aromatic N) is 1. The third kappa shape index (κ3) is 8.42. The molecule has 0 unspecified atom stereocenters. The molecule has 9 nitrogen and oxygen atoms in total. The van der Waals surface area contributed by atoms with Crippen LogP contribution in [0.25, 0.3) is 0 Å². The van der Waals surface area contributed by atoms with E-state index in [4.69, 9.17) is 9.47 Å². The second kappa shape index (κ2) is 11.8. The van der Waals surface area contributed by atoms with Crippen LogP contribution in [0.1, 0.15) is 46.1 Å². The molecule has 0 spiro atoms. The molecule has 208 valence electrons. The van der Waals surface area contributed by atoms with Gasteiger partial charge in [0.05, 0.1) is 17.0 Å². The molecule has 13 heteroatoms. The van der Waals surface area contributed by atoms with E-state index >= 15 is 0 Å². The third-order valence-electron chi connectivity index (χ3n) is 5.90. The molecule has 0 radical (unpaired) electrons. The monoisotopic (exact) mass is 550 g/mol. The van der Waals surface area contributed by atoms with Gasteiger partial charge in [0.1, 0.15) is 11.4 Å². The number of Topliss-reactive ketones (excluding diaryl/α,β-unsaturated/α-hetero) is 1. The maximum atomic E-state index is 13.0. The van der Waals surface area contributed by atoms with Crippen LogP contribution in [0.4, 0.5) is 18.0 Å². The van der Waals surface area contributed by atoms with Crippen molar-refractivity contribution in [3.05, 3.63) is 29.8 Å². The van der Waals surface area contributed by atoms with Crippen LogP contribution in [0.5, 0.6) is 0 Å². The molecule has 1 heterocycles. The number of nitrogens with one attached hydrogen (secondary N) is 1. The molecular formula is C24H33F3N2O7S. The summed E-state index contributed by atoms with van der Waals surface area (Å²) < 4.78 is 73.6. The van der Waals surface area contributed by atoms with Crippen LogP contribution in [0.15, 0.2) is 29.2 Å². The van der Waals surface area contributed by atoms with E-state index in [0.717, 1.165) is 12.1 Å². The molecule has 0 aromatic heterocycles. The lowest BCUT2D eigenvalue weighted by Crippen LogP contribution is -2.49. The number of ketones is 1. The zero-order valence-corrected chi connectivity index (χ0v) is 22.2. The Morgan fingerprint density at radius 1 is 1.14 bits per heavy atom. The Kier molecular flexibility index (Phi) is 9.75.